The molecule has 0 aromatic carbocycles. The van der Waals surface area contributed by atoms with E-state index in [0.29, 0.717) is 26.7 Å². The van der Waals surface area contributed by atoms with Crippen molar-refractivity contribution in [2.45, 2.75) is 36.0 Å². The molecule has 1 fully saturated rings. The third-order valence-corrected chi connectivity index (χ3v) is 10.2. The van der Waals surface area contributed by atoms with Crippen molar-refractivity contribution in [1.82, 2.24) is 24.6 Å². The van der Waals surface area contributed by atoms with Crippen LogP contribution in [0.5, 0.6) is 0 Å². The van der Waals surface area contributed by atoms with Gasteiger partial charge in [-0.05, 0) is 13.3 Å². The van der Waals surface area contributed by atoms with Crippen LogP contribution in [0.4, 0.5) is 5.13 Å². The quantitative estimate of drug-likeness (QED) is 0.126. The number of thiazole rings is 1. The maximum Gasteiger partial charge on any atom is 0.278 e. The number of aryl methyl sites for hydroxylation is 1. The average molecular weight is 647 g/mol. The molecule has 2 amide bonds. The number of amides is 2. The lowest BCUT2D eigenvalue weighted by Crippen LogP contribution is -2.71. The molecule has 0 radical (unpaired) electrons. The van der Waals surface area contributed by atoms with Gasteiger partial charge in [0.05, 0.1) is 17.4 Å². The van der Waals surface area contributed by atoms with Crippen molar-refractivity contribution in [1.29, 1.82) is 0 Å². The van der Waals surface area contributed by atoms with E-state index >= 15 is 0 Å². The van der Waals surface area contributed by atoms with Crippen molar-refractivity contribution in [3.63, 3.8) is 0 Å². The fraction of sp³-hybridized carbons (Fsp3) is 0.360. The van der Waals surface area contributed by atoms with Gasteiger partial charge in [-0.25, -0.2) is 9.55 Å². The molecule has 3 aromatic rings. The largest absolute Gasteiger partial charge is 0.543 e. The number of fused-ring (bicyclic) bond motifs is 1. The standard InChI is InChI=1S/C25H26N8O5S4/c1-4-8-26-24-29-19(31-42-24)16(30-38-5-2)20(34)28-17-21(35)33-18(23(36)37)15(12-39-22(17)33)41-25-27-14(11-40-25)13-6-9-32(3)10-7-13/h6-7,9-11,17,22H,4-5,8,12H2,1-3H3,(H2-,26,28,29,31,34,36,37)/b30-16-/t17-,22-/m1/s1. The number of carboxylic acids is 1. The number of hydrogen-bond donors (Lipinski definition) is 2. The van der Waals surface area contributed by atoms with Gasteiger partial charge in [0.1, 0.15) is 25.1 Å². The first kappa shape index (κ1) is 29.9. The minimum Gasteiger partial charge on any atom is -0.543 e. The van der Waals surface area contributed by atoms with Crippen LogP contribution in [0.2, 0.25) is 0 Å². The van der Waals surface area contributed by atoms with Gasteiger partial charge in [-0.3, -0.25) is 14.5 Å². The SMILES string of the molecule is CCCNc1nc(/C(=N/OCC)C(=O)N[C@@H]2C(=O)N3C(C(=O)[O-])=C(Sc4nc(-c5cc[n+](C)cc5)cs4)CS[C@H]23)ns1. The van der Waals surface area contributed by atoms with E-state index in [9.17, 15) is 19.5 Å². The number of β-lactam (4-membered cyclic amide) rings is 1. The molecule has 3 aromatic heterocycles. The number of oxime groups is 1. The lowest BCUT2D eigenvalue weighted by Gasteiger charge is -2.50. The molecule has 0 spiro atoms. The van der Waals surface area contributed by atoms with E-state index in [-0.39, 0.29) is 23.8 Å². The molecule has 2 aliphatic rings. The van der Waals surface area contributed by atoms with E-state index in [1.165, 1.54) is 34.9 Å². The predicted octanol–water partition coefficient (Wildman–Crippen LogP) is 1.20. The normalized spacial score (nSPS) is 18.4. The second-order valence-electron chi connectivity index (χ2n) is 8.98. The maximum absolute atomic E-state index is 13.2. The Kier molecular flexibility index (Phi) is 9.40. The number of carbonyl (C=O) groups excluding carboxylic acids is 3. The molecule has 0 bridgehead atoms. The summed E-state index contributed by atoms with van der Waals surface area (Å²) >= 11 is 5.00. The summed E-state index contributed by atoms with van der Waals surface area (Å²) in [5, 5.41) is 23.7. The number of rotatable bonds is 12. The molecular weight excluding hydrogens is 621 g/mol. The molecule has 0 saturated carbocycles. The highest BCUT2D eigenvalue weighted by atomic mass is 32.2. The summed E-state index contributed by atoms with van der Waals surface area (Å²) in [6, 6.07) is 2.92. The number of carboxylic acid groups (broad SMARTS) is 1. The van der Waals surface area contributed by atoms with Crippen molar-refractivity contribution in [2.75, 3.05) is 24.2 Å². The second kappa shape index (κ2) is 13.2. The van der Waals surface area contributed by atoms with Crippen LogP contribution in [-0.4, -0.2) is 73.1 Å². The topological polar surface area (TPSA) is 166 Å². The zero-order chi connectivity index (χ0) is 29.8. The van der Waals surface area contributed by atoms with Crippen molar-refractivity contribution < 1.29 is 28.9 Å². The van der Waals surface area contributed by atoms with Crippen molar-refractivity contribution in [3.8, 4) is 11.3 Å². The van der Waals surface area contributed by atoms with Gasteiger partial charge < -0.3 is 25.4 Å². The third-order valence-electron chi connectivity index (χ3n) is 6.05. The first-order chi connectivity index (χ1) is 20.3. The fourth-order valence-electron chi connectivity index (χ4n) is 4.02. The number of anilines is 1. The molecule has 2 N–H and O–H groups in total. The lowest BCUT2D eigenvalue weighted by molar-refractivity contribution is -0.671. The molecule has 42 heavy (non-hydrogen) atoms. The van der Waals surface area contributed by atoms with Gasteiger partial charge in [-0.1, -0.05) is 23.8 Å². The molecule has 5 heterocycles. The smallest absolute Gasteiger partial charge is 0.278 e. The Morgan fingerprint density at radius 3 is 2.79 bits per heavy atom. The van der Waals surface area contributed by atoms with E-state index in [0.717, 1.165) is 34.1 Å². The van der Waals surface area contributed by atoms with Gasteiger partial charge in [-0.15, -0.1) is 23.1 Å². The number of nitrogens with zero attached hydrogens (tertiary/aromatic N) is 6. The van der Waals surface area contributed by atoms with Gasteiger partial charge >= 0.3 is 0 Å². The third kappa shape index (κ3) is 6.28. The number of thioether (sulfide) groups is 2. The number of aliphatic carboxylic acids is 1. The Hall–Kier alpha value is -3.54. The lowest BCUT2D eigenvalue weighted by atomic mass is 10.0. The molecule has 1 saturated heterocycles. The summed E-state index contributed by atoms with van der Waals surface area (Å²) in [6.07, 6.45) is 4.72. The van der Waals surface area contributed by atoms with Crippen molar-refractivity contribution >= 4 is 75.0 Å². The van der Waals surface area contributed by atoms with E-state index in [4.69, 9.17) is 4.84 Å². The monoisotopic (exact) mass is 646 g/mol. The number of pyridine rings is 1. The summed E-state index contributed by atoms with van der Waals surface area (Å²) in [6.45, 7) is 4.62. The molecule has 13 nitrogen and oxygen atoms in total. The molecule has 17 heteroatoms. The highest BCUT2D eigenvalue weighted by Gasteiger charge is 2.53. The molecular formula is C25H26N8O5S4. The van der Waals surface area contributed by atoms with Gasteiger partial charge in [0, 0.05) is 51.8 Å². The predicted molar refractivity (Wildman–Crippen MR) is 158 cm³/mol. The molecule has 5 rings (SSSR count). The molecule has 220 valence electrons. The fourth-order valence-corrected chi connectivity index (χ4v) is 8.07. The Morgan fingerprint density at radius 1 is 1.29 bits per heavy atom. The van der Waals surface area contributed by atoms with Crippen LogP contribution < -0.4 is 20.3 Å². The minimum atomic E-state index is -1.47. The van der Waals surface area contributed by atoms with Crippen LogP contribution in [-0.2, 0) is 26.3 Å². The van der Waals surface area contributed by atoms with Crippen LogP contribution in [0.1, 0.15) is 26.1 Å². The summed E-state index contributed by atoms with van der Waals surface area (Å²) in [5.74, 6) is -2.38. The maximum atomic E-state index is 13.2. The van der Waals surface area contributed by atoms with E-state index in [1.54, 1.807) is 6.92 Å². The molecule has 2 aliphatic heterocycles. The van der Waals surface area contributed by atoms with Crippen LogP contribution in [0.25, 0.3) is 11.3 Å². The summed E-state index contributed by atoms with van der Waals surface area (Å²) < 4.78 is 6.76. The van der Waals surface area contributed by atoms with Crippen molar-refractivity contribution in [3.05, 3.63) is 46.3 Å². The number of aromatic nitrogens is 4. The number of nitrogens with one attached hydrogen (secondary N) is 2. The Morgan fingerprint density at radius 2 is 2.07 bits per heavy atom. The minimum absolute atomic E-state index is 0.0608. The van der Waals surface area contributed by atoms with E-state index < -0.39 is 29.2 Å². The summed E-state index contributed by atoms with van der Waals surface area (Å²) in [5.41, 5.74) is 1.32. The van der Waals surface area contributed by atoms with Crippen LogP contribution in [0.15, 0.2) is 50.0 Å². The highest BCUT2D eigenvalue weighted by Crippen LogP contribution is 2.45. The second-order valence-corrected chi connectivity index (χ2v) is 13.0. The zero-order valence-corrected chi connectivity index (χ0v) is 26.0. The van der Waals surface area contributed by atoms with Crippen molar-refractivity contribution in [2.24, 2.45) is 12.2 Å². The first-order valence-electron chi connectivity index (χ1n) is 12.9. The number of hydrogen-bond acceptors (Lipinski definition) is 14. The Bertz CT molecular complexity index is 1550. The van der Waals surface area contributed by atoms with E-state index in [2.05, 4.69) is 30.1 Å². The summed E-state index contributed by atoms with van der Waals surface area (Å²) in [7, 11) is 1.92. The van der Waals surface area contributed by atoms with Gasteiger partial charge in [-0.2, -0.15) is 9.36 Å². The van der Waals surface area contributed by atoms with Gasteiger partial charge in [0.15, 0.2) is 16.7 Å². The zero-order valence-electron chi connectivity index (χ0n) is 22.7. The van der Waals surface area contributed by atoms with E-state index in [1.807, 2.05) is 48.4 Å². The highest BCUT2D eigenvalue weighted by molar-refractivity contribution is 8.07. The Labute approximate surface area is 257 Å². The molecule has 0 unspecified atom stereocenters. The Balaban J connectivity index is 1.30. The van der Waals surface area contributed by atoms with Gasteiger partial charge in [0.25, 0.3) is 11.8 Å². The molecule has 0 aliphatic carbocycles. The van der Waals surface area contributed by atoms with Crippen LogP contribution in [0, 0.1) is 0 Å². The van der Waals surface area contributed by atoms with Gasteiger partial charge in [0.2, 0.25) is 16.7 Å². The van der Waals surface area contributed by atoms with Crippen LogP contribution >= 0.6 is 46.4 Å². The first-order valence-corrected chi connectivity index (χ1v) is 16.4. The molecule has 2 atom stereocenters. The summed E-state index contributed by atoms with van der Waals surface area (Å²) in [4.78, 5) is 54.3. The average Bonchev–Trinajstić information content (AvgIpc) is 3.65. The number of carbonyl (C=O) groups is 3. The van der Waals surface area contributed by atoms with Crippen LogP contribution in [0.3, 0.4) is 0 Å².